The second-order valence-electron chi connectivity index (χ2n) is 4.77. The van der Waals surface area contributed by atoms with E-state index < -0.39 is 17.8 Å². The molecular weight excluding hydrogens is 285 g/mol. The van der Waals surface area contributed by atoms with Crippen molar-refractivity contribution in [2.75, 3.05) is 13.1 Å². The molecule has 1 unspecified atom stereocenters. The highest BCUT2D eigenvalue weighted by atomic mass is 19.4. The molecule has 0 radical (unpaired) electrons. The summed E-state index contributed by atoms with van der Waals surface area (Å²) in [4.78, 5) is 11.3. The first-order valence-electron chi connectivity index (χ1n) is 6.65. The first-order valence-corrected chi connectivity index (χ1v) is 6.65. The lowest BCUT2D eigenvalue weighted by molar-refractivity contribution is -0.137. The van der Waals surface area contributed by atoms with Gasteiger partial charge in [-0.1, -0.05) is 12.1 Å². The molecule has 0 aliphatic rings. The summed E-state index contributed by atoms with van der Waals surface area (Å²) in [6.45, 7) is 2.32. The van der Waals surface area contributed by atoms with Crippen molar-refractivity contribution in [2.24, 2.45) is 0 Å². The number of benzene rings is 1. The zero-order valence-corrected chi connectivity index (χ0v) is 11.7. The standard InChI is InChI=1S/C14H19F3N2O2/c1-10(20)6-8-18-13(21)19-9-7-11-2-4-12(5-3-11)14(15,16)17/h2-5,10,20H,6-9H2,1H3,(H2,18,19,21). The van der Waals surface area contributed by atoms with Gasteiger partial charge in [-0.25, -0.2) is 4.79 Å². The van der Waals surface area contributed by atoms with E-state index in [-0.39, 0.29) is 6.03 Å². The Morgan fingerprint density at radius 1 is 1.19 bits per heavy atom. The van der Waals surface area contributed by atoms with Gasteiger partial charge in [-0.15, -0.1) is 0 Å². The summed E-state index contributed by atoms with van der Waals surface area (Å²) < 4.78 is 37.1. The maximum absolute atomic E-state index is 12.4. The van der Waals surface area contributed by atoms with Gasteiger partial charge in [0.1, 0.15) is 0 Å². The van der Waals surface area contributed by atoms with Crippen LogP contribution < -0.4 is 10.6 Å². The number of alkyl halides is 3. The van der Waals surface area contributed by atoms with Crippen LogP contribution >= 0.6 is 0 Å². The average Bonchev–Trinajstić information content (AvgIpc) is 2.38. The molecule has 0 saturated heterocycles. The number of nitrogens with one attached hydrogen (secondary N) is 2. The van der Waals surface area contributed by atoms with Crippen molar-refractivity contribution in [3.05, 3.63) is 35.4 Å². The topological polar surface area (TPSA) is 61.4 Å². The lowest BCUT2D eigenvalue weighted by Crippen LogP contribution is -2.37. The van der Waals surface area contributed by atoms with Gasteiger partial charge in [-0.3, -0.25) is 0 Å². The molecule has 0 fully saturated rings. The van der Waals surface area contributed by atoms with Crippen molar-refractivity contribution >= 4 is 6.03 Å². The van der Waals surface area contributed by atoms with Gasteiger partial charge in [0.25, 0.3) is 0 Å². The SMILES string of the molecule is CC(O)CCNC(=O)NCCc1ccc(C(F)(F)F)cc1. The van der Waals surface area contributed by atoms with E-state index in [9.17, 15) is 18.0 Å². The van der Waals surface area contributed by atoms with E-state index in [1.807, 2.05) is 0 Å². The first kappa shape index (κ1) is 17.3. The van der Waals surface area contributed by atoms with Gasteiger partial charge in [0.15, 0.2) is 0 Å². The fourth-order valence-electron chi connectivity index (χ4n) is 1.64. The Bertz CT molecular complexity index is 445. The Hall–Kier alpha value is -1.76. The van der Waals surface area contributed by atoms with Crippen LogP contribution in [-0.2, 0) is 12.6 Å². The molecule has 0 aliphatic carbocycles. The van der Waals surface area contributed by atoms with Crippen LogP contribution in [0, 0.1) is 0 Å². The summed E-state index contributed by atoms with van der Waals surface area (Å²) in [5.74, 6) is 0. The van der Waals surface area contributed by atoms with Crippen molar-refractivity contribution in [1.82, 2.24) is 10.6 Å². The predicted molar refractivity (Wildman–Crippen MR) is 72.8 cm³/mol. The van der Waals surface area contributed by atoms with E-state index in [4.69, 9.17) is 5.11 Å². The van der Waals surface area contributed by atoms with E-state index in [0.29, 0.717) is 31.5 Å². The van der Waals surface area contributed by atoms with E-state index in [2.05, 4.69) is 10.6 Å². The number of hydrogen-bond donors (Lipinski definition) is 3. The van der Waals surface area contributed by atoms with Crippen molar-refractivity contribution in [3.8, 4) is 0 Å². The largest absolute Gasteiger partial charge is 0.416 e. The van der Waals surface area contributed by atoms with Crippen LogP contribution in [-0.4, -0.2) is 30.3 Å². The number of hydrogen-bond acceptors (Lipinski definition) is 2. The number of carbonyl (C=O) groups excluding carboxylic acids is 1. The Balaban J connectivity index is 2.28. The highest BCUT2D eigenvalue weighted by Gasteiger charge is 2.29. The molecule has 7 heteroatoms. The van der Waals surface area contributed by atoms with Gasteiger partial charge in [0.05, 0.1) is 11.7 Å². The second-order valence-corrected chi connectivity index (χ2v) is 4.77. The molecule has 1 rings (SSSR count). The number of halogens is 3. The fourth-order valence-corrected chi connectivity index (χ4v) is 1.64. The molecule has 0 saturated carbocycles. The second kappa shape index (κ2) is 7.87. The summed E-state index contributed by atoms with van der Waals surface area (Å²) in [5.41, 5.74) is 0.0300. The molecule has 3 N–H and O–H groups in total. The van der Waals surface area contributed by atoms with Crippen molar-refractivity contribution in [1.29, 1.82) is 0 Å². The summed E-state index contributed by atoms with van der Waals surface area (Å²) in [6, 6.07) is 4.49. The van der Waals surface area contributed by atoms with Gasteiger partial charge in [0, 0.05) is 13.1 Å². The quantitative estimate of drug-likeness (QED) is 0.755. The Morgan fingerprint density at radius 3 is 2.29 bits per heavy atom. The number of amides is 2. The fraction of sp³-hybridized carbons (Fsp3) is 0.500. The molecule has 0 spiro atoms. The Morgan fingerprint density at radius 2 is 1.76 bits per heavy atom. The Kier molecular flexibility index (Phi) is 6.48. The summed E-state index contributed by atoms with van der Waals surface area (Å²) >= 11 is 0. The normalized spacial score (nSPS) is 12.8. The van der Waals surface area contributed by atoms with Crippen LogP contribution in [0.25, 0.3) is 0 Å². The van der Waals surface area contributed by atoms with Gasteiger partial charge < -0.3 is 15.7 Å². The third-order valence-corrected chi connectivity index (χ3v) is 2.83. The zero-order valence-electron chi connectivity index (χ0n) is 11.7. The monoisotopic (exact) mass is 304 g/mol. The molecule has 0 heterocycles. The maximum atomic E-state index is 12.4. The molecule has 1 aromatic rings. The van der Waals surface area contributed by atoms with Gasteiger partial charge in [-0.2, -0.15) is 13.2 Å². The number of carbonyl (C=O) groups is 1. The van der Waals surface area contributed by atoms with Crippen molar-refractivity contribution < 1.29 is 23.1 Å². The van der Waals surface area contributed by atoms with Crippen LogP contribution in [0.4, 0.5) is 18.0 Å². The number of rotatable bonds is 6. The molecule has 4 nitrogen and oxygen atoms in total. The molecule has 1 atom stereocenters. The van der Waals surface area contributed by atoms with Gasteiger partial charge >= 0.3 is 12.2 Å². The summed E-state index contributed by atoms with van der Waals surface area (Å²) in [6.07, 6.45) is -3.90. The van der Waals surface area contributed by atoms with E-state index in [0.717, 1.165) is 12.1 Å². The van der Waals surface area contributed by atoms with Gasteiger partial charge in [0.2, 0.25) is 0 Å². The van der Waals surface area contributed by atoms with E-state index >= 15 is 0 Å². The van der Waals surface area contributed by atoms with Crippen molar-refractivity contribution in [2.45, 2.75) is 32.0 Å². The molecule has 21 heavy (non-hydrogen) atoms. The highest BCUT2D eigenvalue weighted by Crippen LogP contribution is 2.29. The van der Waals surface area contributed by atoms with E-state index in [1.165, 1.54) is 12.1 Å². The maximum Gasteiger partial charge on any atom is 0.416 e. The van der Waals surface area contributed by atoms with Crippen molar-refractivity contribution in [3.63, 3.8) is 0 Å². The van der Waals surface area contributed by atoms with Crippen LogP contribution in [0.5, 0.6) is 0 Å². The number of aliphatic hydroxyl groups is 1. The predicted octanol–water partition coefficient (Wildman–Crippen LogP) is 2.32. The van der Waals surface area contributed by atoms with E-state index in [1.54, 1.807) is 6.92 Å². The number of aliphatic hydroxyl groups excluding tert-OH is 1. The highest BCUT2D eigenvalue weighted by molar-refractivity contribution is 5.73. The average molecular weight is 304 g/mol. The molecule has 0 aromatic heterocycles. The molecule has 0 bridgehead atoms. The van der Waals surface area contributed by atoms with Crippen LogP contribution in [0.1, 0.15) is 24.5 Å². The number of urea groups is 1. The molecular formula is C14H19F3N2O2. The van der Waals surface area contributed by atoms with Crippen LogP contribution in [0.2, 0.25) is 0 Å². The molecule has 118 valence electrons. The first-order chi connectivity index (χ1) is 9.79. The van der Waals surface area contributed by atoms with Crippen LogP contribution in [0.3, 0.4) is 0 Å². The Labute approximate surface area is 121 Å². The molecule has 1 aromatic carbocycles. The zero-order chi connectivity index (χ0) is 15.9. The summed E-state index contributed by atoms with van der Waals surface area (Å²) in [5, 5.41) is 14.2. The molecule has 2 amide bonds. The minimum Gasteiger partial charge on any atom is -0.393 e. The third kappa shape index (κ3) is 6.99. The molecule has 0 aliphatic heterocycles. The minimum atomic E-state index is -4.33. The smallest absolute Gasteiger partial charge is 0.393 e. The lowest BCUT2D eigenvalue weighted by Gasteiger charge is -2.09. The van der Waals surface area contributed by atoms with Crippen LogP contribution in [0.15, 0.2) is 24.3 Å². The lowest BCUT2D eigenvalue weighted by atomic mass is 10.1. The summed E-state index contributed by atoms with van der Waals surface area (Å²) in [7, 11) is 0. The third-order valence-electron chi connectivity index (χ3n) is 2.83. The minimum absolute atomic E-state index is 0.325. The van der Waals surface area contributed by atoms with Gasteiger partial charge in [-0.05, 0) is 37.5 Å².